The molecule has 1 aromatic rings. The Balaban J connectivity index is 1.54. The van der Waals surface area contributed by atoms with Crippen molar-refractivity contribution < 1.29 is 13.5 Å². The van der Waals surface area contributed by atoms with Crippen LogP contribution in [0.5, 0.6) is 0 Å². The molecule has 0 saturated carbocycles. The van der Waals surface area contributed by atoms with Crippen molar-refractivity contribution >= 4 is 9.84 Å². The lowest BCUT2D eigenvalue weighted by Gasteiger charge is -2.38. The molecule has 2 aliphatic heterocycles. The smallest absolute Gasteiger partial charge is 0.154 e. The van der Waals surface area contributed by atoms with Gasteiger partial charge >= 0.3 is 0 Å². The maximum atomic E-state index is 11.6. The molecule has 6 heteroatoms. The van der Waals surface area contributed by atoms with Crippen LogP contribution in [0.15, 0.2) is 30.3 Å². The van der Waals surface area contributed by atoms with Crippen LogP contribution in [0.2, 0.25) is 0 Å². The summed E-state index contributed by atoms with van der Waals surface area (Å²) < 4.78 is 23.2. The van der Waals surface area contributed by atoms with Gasteiger partial charge in [0.2, 0.25) is 0 Å². The highest BCUT2D eigenvalue weighted by molar-refractivity contribution is 7.91. The summed E-state index contributed by atoms with van der Waals surface area (Å²) in [5.74, 6) is 0.0226. The first-order valence-corrected chi connectivity index (χ1v) is 9.24. The summed E-state index contributed by atoms with van der Waals surface area (Å²) in [5, 5.41) is 9.94. The molecule has 2 atom stereocenters. The molecule has 3 rings (SSSR count). The van der Waals surface area contributed by atoms with Gasteiger partial charge in [0, 0.05) is 32.7 Å². The molecule has 2 aliphatic rings. The van der Waals surface area contributed by atoms with Crippen LogP contribution in [0.3, 0.4) is 0 Å². The number of hydrogen-bond acceptors (Lipinski definition) is 5. The van der Waals surface area contributed by atoms with Gasteiger partial charge in [0.05, 0.1) is 23.7 Å². The molecule has 0 amide bonds. The average molecular weight is 310 g/mol. The topological polar surface area (TPSA) is 60.9 Å². The second kappa shape index (κ2) is 6.04. The third kappa shape index (κ3) is 3.63. The van der Waals surface area contributed by atoms with E-state index >= 15 is 0 Å². The van der Waals surface area contributed by atoms with Crippen LogP contribution in [0.25, 0.3) is 0 Å². The van der Waals surface area contributed by atoms with E-state index in [0.717, 1.165) is 32.7 Å². The second-order valence-electron chi connectivity index (χ2n) is 6.01. The van der Waals surface area contributed by atoms with Gasteiger partial charge in [-0.3, -0.25) is 9.80 Å². The zero-order valence-corrected chi connectivity index (χ0v) is 12.9. The first-order chi connectivity index (χ1) is 10.0. The Morgan fingerprint density at radius 2 is 1.71 bits per heavy atom. The van der Waals surface area contributed by atoms with Gasteiger partial charge in [0.1, 0.15) is 0 Å². The lowest BCUT2D eigenvalue weighted by molar-refractivity contribution is 0.0424. The zero-order valence-electron chi connectivity index (χ0n) is 12.1. The van der Waals surface area contributed by atoms with Crippen molar-refractivity contribution in [1.29, 1.82) is 0 Å². The van der Waals surface area contributed by atoms with Crippen LogP contribution in [0.1, 0.15) is 5.56 Å². The van der Waals surface area contributed by atoms with Crippen molar-refractivity contribution in [3.63, 3.8) is 0 Å². The van der Waals surface area contributed by atoms with Crippen molar-refractivity contribution in [3.05, 3.63) is 35.9 Å². The average Bonchev–Trinajstić information content (AvgIpc) is 2.74. The summed E-state index contributed by atoms with van der Waals surface area (Å²) in [6.45, 7) is 4.41. The molecule has 2 heterocycles. The maximum absolute atomic E-state index is 11.6. The number of rotatable bonds is 3. The SMILES string of the molecule is O=S1(=O)C[C@@H](N2CCN(Cc3ccccc3)CC2)[C@@H](O)C1. The maximum Gasteiger partial charge on any atom is 0.154 e. The third-order valence-corrected chi connectivity index (χ3v) is 6.12. The predicted molar refractivity (Wildman–Crippen MR) is 81.7 cm³/mol. The molecule has 0 aliphatic carbocycles. The van der Waals surface area contributed by atoms with Crippen LogP contribution in [0, 0.1) is 0 Å². The summed E-state index contributed by atoms with van der Waals surface area (Å²) >= 11 is 0. The Morgan fingerprint density at radius 3 is 2.29 bits per heavy atom. The highest BCUT2D eigenvalue weighted by atomic mass is 32.2. The van der Waals surface area contributed by atoms with Gasteiger partial charge in [-0.2, -0.15) is 0 Å². The largest absolute Gasteiger partial charge is 0.390 e. The molecule has 2 fully saturated rings. The number of aliphatic hydroxyl groups is 1. The third-order valence-electron chi connectivity index (χ3n) is 4.42. The molecule has 1 N–H and O–H groups in total. The van der Waals surface area contributed by atoms with Crippen molar-refractivity contribution in [3.8, 4) is 0 Å². The van der Waals surface area contributed by atoms with E-state index in [-0.39, 0.29) is 17.5 Å². The quantitative estimate of drug-likeness (QED) is 0.849. The lowest BCUT2D eigenvalue weighted by Crippen LogP contribution is -2.53. The van der Waals surface area contributed by atoms with E-state index in [2.05, 4.69) is 21.9 Å². The summed E-state index contributed by atoms with van der Waals surface area (Å²) in [7, 11) is -3.06. The minimum atomic E-state index is -3.06. The van der Waals surface area contributed by atoms with Crippen molar-refractivity contribution in [2.45, 2.75) is 18.7 Å². The molecule has 0 unspecified atom stereocenters. The number of hydrogen-bond donors (Lipinski definition) is 1. The normalized spacial score (nSPS) is 30.5. The number of nitrogens with zero attached hydrogens (tertiary/aromatic N) is 2. The van der Waals surface area contributed by atoms with Crippen LogP contribution in [-0.2, 0) is 16.4 Å². The highest BCUT2D eigenvalue weighted by Gasteiger charge is 2.40. The highest BCUT2D eigenvalue weighted by Crippen LogP contribution is 2.20. The summed E-state index contributed by atoms with van der Waals surface area (Å²) in [6, 6.07) is 10.1. The predicted octanol–water partition coefficient (Wildman–Crippen LogP) is -0.0379. The summed E-state index contributed by atoms with van der Waals surface area (Å²) in [4.78, 5) is 4.51. The monoisotopic (exact) mass is 310 g/mol. The number of piperazine rings is 1. The van der Waals surface area contributed by atoms with E-state index < -0.39 is 15.9 Å². The minimum absolute atomic E-state index is 0.0815. The Hall–Kier alpha value is -0.950. The molecule has 5 nitrogen and oxygen atoms in total. The van der Waals surface area contributed by atoms with Gasteiger partial charge in [0.15, 0.2) is 9.84 Å². The Morgan fingerprint density at radius 1 is 1.05 bits per heavy atom. The van der Waals surface area contributed by atoms with Gasteiger partial charge < -0.3 is 5.11 Å². The van der Waals surface area contributed by atoms with Gasteiger partial charge in [-0.1, -0.05) is 30.3 Å². The molecular formula is C15H22N2O3S. The van der Waals surface area contributed by atoms with E-state index in [0.29, 0.717) is 0 Å². The fourth-order valence-corrected chi connectivity index (χ4v) is 5.09. The van der Waals surface area contributed by atoms with Crippen LogP contribution >= 0.6 is 0 Å². The first kappa shape index (κ1) is 15.0. The van der Waals surface area contributed by atoms with Crippen LogP contribution in [0.4, 0.5) is 0 Å². The van der Waals surface area contributed by atoms with Crippen molar-refractivity contribution in [2.24, 2.45) is 0 Å². The van der Waals surface area contributed by atoms with Gasteiger partial charge in [-0.25, -0.2) is 8.42 Å². The standard InChI is InChI=1S/C15H22N2O3S/c18-15-12-21(19,20)11-14(15)17-8-6-16(7-9-17)10-13-4-2-1-3-5-13/h1-5,14-15,18H,6-12H2/t14-,15+/m1/s1. The molecule has 2 saturated heterocycles. The molecular weight excluding hydrogens is 288 g/mol. The molecule has 21 heavy (non-hydrogen) atoms. The number of sulfone groups is 1. The number of aliphatic hydroxyl groups excluding tert-OH is 1. The van der Waals surface area contributed by atoms with Gasteiger partial charge in [0.25, 0.3) is 0 Å². The van der Waals surface area contributed by atoms with Crippen LogP contribution < -0.4 is 0 Å². The van der Waals surface area contributed by atoms with Crippen molar-refractivity contribution in [2.75, 3.05) is 37.7 Å². The molecule has 116 valence electrons. The second-order valence-corrected chi connectivity index (χ2v) is 8.16. The van der Waals surface area contributed by atoms with E-state index in [4.69, 9.17) is 0 Å². The van der Waals surface area contributed by atoms with Crippen molar-refractivity contribution in [1.82, 2.24) is 9.80 Å². The first-order valence-electron chi connectivity index (χ1n) is 7.42. The molecule has 0 radical (unpaired) electrons. The van der Waals surface area contributed by atoms with E-state index in [1.807, 2.05) is 18.2 Å². The van der Waals surface area contributed by atoms with E-state index in [1.54, 1.807) is 0 Å². The lowest BCUT2D eigenvalue weighted by atomic mass is 10.1. The number of benzene rings is 1. The van der Waals surface area contributed by atoms with Crippen LogP contribution in [-0.4, -0.2) is 73.2 Å². The molecule has 0 spiro atoms. The fourth-order valence-electron chi connectivity index (χ4n) is 3.25. The Bertz CT molecular complexity index is 568. The zero-order chi connectivity index (χ0) is 14.9. The summed E-state index contributed by atoms with van der Waals surface area (Å²) in [6.07, 6.45) is -0.726. The molecule has 1 aromatic carbocycles. The Kier molecular flexibility index (Phi) is 4.31. The van der Waals surface area contributed by atoms with Gasteiger partial charge in [-0.05, 0) is 5.56 Å². The van der Waals surface area contributed by atoms with E-state index in [1.165, 1.54) is 5.56 Å². The van der Waals surface area contributed by atoms with Gasteiger partial charge in [-0.15, -0.1) is 0 Å². The molecule has 0 bridgehead atoms. The fraction of sp³-hybridized carbons (Fsp3) is 0.600. The molecule has 0 aromatic heterocycles. The summed E-state index contributed by atoms with van der Waals surface area (Å²) in [5.41, 5.74) is 1.30. The van der Waals surface area contributed by atoms with E-state index in [9.17, 15) is 13.5 Å². The minimum Gasteiger partial charge on any atom is -0.390 e. The Labute approximate surface area is 126 Å².